The molecule has 2 N–H and O–H groups in total. The molecule has 2 aliphatic rings. The van der Waals surface area contributed by atoms with Gasteiger partial charge in [0.2, 0.25) is 5.91 Å². The van der Waals surface area contributed by atoms with Crippen LogP contribution in [0.25, 0.3) is 0 Å². The Kier molecular flexibility index (Phi) is 7.50. The molecule has 0 aromatic heterocycles. The minimum atomic E-state index is -0.0889. The molecular weight excluding hydrogens is 366 g/mol. The van der Waals surface area contributed by atoms with Gasteiger partial charge in [-0.2, -0.15) is 0 Å². The van der Waals surface area contributed by atoms with E-state index in [-0.39, 0.29) is 24.2 Å². The van der Waals surface area contributed by atoms with Gasteiger partial charge in [-0.05, 0) is 56.7 Å². The molecule has 0 saturated carbocycles. The largest absolute Gasteiger partial charge is 0.492 e. The van der Waals surface area contributed by atoms with E-state index < -0.39 is 0 Å². The number of fused-ring (bicyclic) bond motifs is 2. The summed E-state index contributed by atoms with van der Waals surface area (Å²) in [5, 5.41) is 6.59. The molecule has 2 atom stereocenters. The van der Waals surface area contributed by atoms with Crippen molar-refractivity contribution in [1.82, 2.24) is 10.2 Å². The summed E-state index contributed by atoms with van der Waals surface area (Å²) in [6.07, 6.45) is 5.17. The van der Waals surface area contributed by atoms with Crippen LogP contribution < -0.4 is 15.4 Å². The molecule has 0 spiro atoms. The van der Waals surface area contributed by atoms with Crippen LogP contribution in [-0.4, -0.2) is 49.5 Å². The highest BCUT2D eigenvalue weighted by Gasteiger charge is 2.34. The zero-order valence-corrected chi connectivity index (χ0v) is 17.1. The number of piperidine rings is 1. The predicted octanol–water partition coefficient (Wildman–Crippen LogP) is 3.07. The number of anilines is 1. The Hall–Kier alpha value is -1.79. The molecule has 2 amide bonds. The SMILES string of the molecule is CCOc1cc(C(=O)N(C)C)ccc1NC(=O)CC1CC2CCC(C1)N2.Cl. The van der Waals surface area contributed by atoms with Crippen LogP contribution in [0, 0.1) is 5.92 Å². The fraction of sp³-hybridized carbons (Fsp3) is 0.600. The Morgan fingerprint density at radius 2 is 1.89 bits per heavy atom. The van der Waals surface area contributed by atoms with E-state index in [1.807, 2.05) is 6.92 Å². The van der Waals surface area contributed by atoms with Gasteiger partial charge in [0.1, 0.15) is 5.75 Å². The number of benzene rings is 1. The average Bonchev–Trinajstić information content (AvgIpc) is 2.94. The van der Waals surface area contributed by atoms with Gasteiger partial charge in [-0.3, -0.25) is 9.59 Å². The third-order valence-corrected chi connectivity index (χ3v) is 5.25. The van der Waals surface area contributed by atoms with E-state index in [1.54, 1.807) is 32.3 Å². The highest BCUT2D eigenvalue weighted by molar-refractivity contribution is 5.97. The molecule has 150 valence electrons. The number of hydrogen-bond acceptors (Lipinski definition) is 4. The van der Waals surface area contributed by atoms with E-state index in [0.717, 1.165) is 12.8 Å². The fourth-order valence-electron chi connectivity index (χ4n) is 4.10. The number of halogens is 1. The molecule has 2 unspecified atom stereocenters. The van der Waals surface area contributed by atoms with Gasteiger partial charge < -0.3 is 20.3 Å². The van der Waals surface area contributed by atoms with E-state index in [1.165, 1.54) is 17.7 Å². The van der Waals surface area contributed by atoms with Gasteiger partial charge in [-0.25, -0.2) is 0 Å². The van der Waals surface area contributed by atoms with E-state index in [2.05, 4.69) is 10.6 Å². The summed E-state index contributed by atoms with van der Waals surface area (Å²) in [7, 11) is 3.43. The van der Waals surface area contributed by atoms with Crippen LogP contribution in [0.5, 0.6) is 5.75 Å². The third-order valence-electron chi connectivity index (χ3n) is 5.25. The summed E-state index contributed by atoms with van der Waals surface area (Å²) < 4.78 is 5.65. The number of amides is 2. The van der Waals surface area contributed by atoms with Crippen LogP contribution in [0.3, 0.4) is 0 Å². The summed E-state index contributed by atoms with van der Waals surface area (Å²) in [5.41, 5.74) is 1.18. The topological polar surface area (TPSA) is 70.7 Å². The van der Waals surface area contributed by atoms with Crippen molar-refractivity contribution in [2.45, 2.75) is 51.1 Å². The minimum Gasteiger partial charge on any atom is -0.492 e. The second-order valence-electron chi connectivity index (χ2n) is 7.57. The molecule has 1 aromatic rings. The van der Waals surface area contributed by atoms with Crippen molar-refractivity contribution in [3.63, 3.8) is 0 Å². The predicted molar refractivity (Wildman–Crippen MR) is 109 cm³/mol. The van der Waals surface area contributed by atoms with Crippen LogP contribution in [0.4, 0.5) is 5.69 Å². The lowest BCUT2D eigenvalue weighted by Crippen LogP contribution is -2.39. The maximum atomic E-state index is 12.5. The highest BCUT2D eigenvalue weighted by Crippen LogP contribution is 2.33. The van der Waals surface area contributed by atoms with Gasteiger partial charge in [0.25, 0.3) is 5.91 Å². The van der Waals surface area contributed by atoms with Crippen LogP contribution in [0.2, 0.25) is 0 Å². The normalized spacial score (nSPS) is 23.3. The second kappa shape index (κ2) is 9.42. The molecule has 7 heteroatoms. The molecule has 3 rings (SSSR count). The molecule has 6 nitrogen and oxygen atoms in total. The number of hydrogen-bond donors (Lipinski definition) is 2. The Morgan fingerprint density at radius 1 is 1.22 bits per heavy atom. The van der Waals surface area contributed by atoms with Crippen molar-refractivity contribution in [2.24, 2.45) is 5.92 Å². The lowest BCUT2D eigenvalue weighted by atomic mass is 9.89. The standard InChI is InChI=1S/C20H29N3O3.ClH/c1-4-26-18-12-14(20(25)23(2)3)5-8-17(18)22-19(24)11-13-9-15-6-7-16(10-13)21-15;/h5,8,12-13,15-16,21H,4,6-7,9-11H2,1-3H3,(H,22,24);1H. The molecule has 2 aliphatic heterocycles. The molecule has 0 aliphatic carbocycles. The van der Waals surface area contributed by atoms with Gasteiger partial charge >= 0.3 is 0 Å². The first kappa shape index (κ1) is 21.5. The number of nitrogens with zero attached hydrogens (tertiary/aromatic N) is 1. The van der Waals surface area contributed by atoms with Crippen molar-refractivity contribution in [1.29, 1.82) is 0 Å². The molecule has 0 radical (unpaired) electrons. The van der Waals surface area contributed by atoms with Gasteiger partial charge in [-0.1, -0.05) is 0 Å². The number of rotatable bonds is 6. The molecule has 2 bridgehead atoms. The molecular formula is C20H30ClN3O3. The smallest absolute Gasteiger partial charge is 0.253 e. The van der Waals surface area contributed by atoms with E-state index in [0.29, 0.717) is 48.0 Å². The van der Waals surface area contributed by atoms with Crippen molar-refractivity contribution in [3.8, 4) is 5.75 Å². The zero-order chi connectivity index (χ0) is 18.7. The van der Waals surface area contributed by atoms with Crippen LogP contribution >= 0.6 is 12.4 Å². The van der Waals surface area contributed by atoms with Gasteiger partial charge in [0, 0.05) is 38.2 Å². The Bertz CT molecular complexity index is 668. The van der Waals surface area contributed by atoms with Gasteiger partial charge in [0.15, 0.2) is 0 Å². The maximum Gasteiger partial charge on any atom is 0.253 e. The summed E-state index contributed by atoms with van der Waals surface area (Å²) in [4.78, 5) is 26.2. The zero-order valence-electron chi connectivity index (χ0n) is 16.3. The van der Waals surface area contributed by atoms with E-state index in [9.17, 15) is 9.59 Å². The maximum absolute atomic E-state index is 12.5. The van der Waals surface area contributed by atoms with Gasteiger partial charge in [0.05, 0.1) is 12.3 Å². The Balaban J connectivity index is 0.00000261. The van der Waals surface area contributed by atoms with Crippen molar-refractivity contribution in [3.05, 3.63) is 23.8 Å². The summed E-state index contributed by atoms with van der Waals surface area (Å²) in [5.74, 6) is 0.913. The summed E-state index contributed by atoms with van der Waals surface area (Å²) in [6.45, 7) is 2.36. The van der Waals surface area contributed by atoms with Crippen LogP contribution in [0.15, 0.2) is 18.2 Å². The third kappa shape index (κ3) is 5.36. The first-order valence-corrected chi connectivity index (χ1v) is 9.50. The monoisotopic (exact) mass is 395 g/mol. The molecule has 2 saturated heterocycles. The lowest BCUT2D eigenvalue weighted by Gasteiger charge is -2.28. The average molecular weight is 396 g/mol. The lowest BCUT2D eigenvalue weighted by molar-refractivity contribution is -0.117. The first-order valence-electron chi connectivity index (χ1n) is 9.50. The number of ether oxygens (including phenoxy) is 1. The Morgan fingerprint density at radius 3 is 2.48 bits per heavy atom. The molecule has 2 heterocycles. The highest BCUT2D eigenvalue weighted by atomic mass is 35.5. The quantitative estimate of drug-likeness (QED) is 0.776. The summed E-state index contributed by atoms with van der Waals surface area (Å²) in [6, 6.07) is 6.35. The van der Waals surface area contributed by atoms with E-state index >= 15 is 0 Å². The minimum absolute atomic E-state index is 0. The van der Waals surface area contributed by atoms with Crippen LogP contribution in [-0.2, 0) is 4.79 Å². The number of carbonyl (C=O) groups excluding carboxylic acids is 2. The van der Waals surface area contributed by atoms with Crippen LogP contribution in [0.1, 0.15) is 49.4 Å². The first-order chi connectivity index (χ1) is 12.5. The Labute approximate surface area is 167 Å². The van der Waals surface area contributed by atoms with Crippen molar-refractivity contribution in [2.75, 3.05) is 26.0 Å². The summed E-state index contributed by atoms with van der Waals surface area (Å²) >= 11 is 0. The molecule has 27 heavy (non-hydrogen) atoms. The molecule has 2 fully saturated rings. The van der Waals surface area contributed by atoms with Crippen molar-refractivity contribution < 1.29 is 14.3 Å². The second-order valence-corrected chi connectivity index (χ2v) is 7.57. The van der Waals surface area contributed by atoms with Crippen molar-refractivity contribution >= 4 is 29.9 Å². The van der Waals surface area contributed by atoms with E-state index in [4.69, 9.17) is 4.74 Å². The number of nitrogens with one attached hydrogen (secondary N) is 2. The van der Waals surface area contributed by atoms with Gasteiger partial charge in [-0.15, -0.1) is 12.4 Å². The fourth-order valence-corrected chi connectivity index (χ4v) is 4.10. The molecule has 1 aromatic carbocycles. The number of carbonyl (C=O) groups is 2.